The highest BCUT2D eigenvalue weighted by molar-refractivity contribution is 4.72. The summed E-state index contributed by atoms with van der Waals surface area (Å²) >= 11 is 0. The first kappa shape index (κ1) is 16.5. The van der Waals surface area contributed by atoms with Crippen molar-refractivity contribution in [3.05, 3.63) is 36.8 Å². The SMILES string of the molecule is C=C=CCC.C=C=CCC.O. The molecule has 0 saturated carbocycles. The Kier molecular flexibility index (Phi) is 34.6. The highest BCUT2D eigenvalue weighted by Crippen LogP contribution is 1.69. The average molecular weight is 154 g/mol. The van der Waals surface area contributed by atoms with Gasteiger partial charge in [-0.15, -0.1) is 11.5 Å². The second-order valence-corrected chi connectivity index (χ2v) is 1.63. The minimum atomic E-state index is 0. The van der Waals surface area contributed by atoms with Gasteiger partial charge >= 0.3 is 0 Å². The van der Waals surface area contributed by atoms with Crippen LogP contribution in [0.5, 0.6) is 0 Å². The summed E-state index contributed by atoms with van der Waals surface area (Å²) in [5.41, 5.74) is 5.28. The summed E-state index contributed by atoms with van der Waals surface area (Å²) < 4.78 is 0. The standard InChI is InChI=1S/2C5H8.H2O/c2*1-3-5-4-2;/h2*5H,1,4H2,2H3;1H2. The topological polar surface area (TPSA) is 31.5 Å². The summed E-state index contributed by atoms with van der Waals surface area (Å²) in [5.74, 6) is 0. The number of hydrogen-bond acceptors (Lipinski definition) is 0. The van der Waals surface area contributed by atoms with Crippen LogP contribution in [0.15, 0.2) is 36.8 Å². The van der Waals surface area contributed by atoms with Crippen LogP contribution in [-0.2, 0) is 0 Å². The molecule has 0 heterocycles. The average Bonchev–Trinajstić information content (AvgIpc) is 1.93. The minimum Gasteiger partial charge on any atom is -0.412 e. The predicted molar refractivity (Wildman–Crippen MR) is 51.6 cm³/mol. The second-order valence-electron chi connectivity index (χ2n) is 1.63. The van der Waals surface area contributed by atoms with Crippen LogP contribution in [-0.4, -0.2) is 5.48 Å². The maximum absolute atomic E-state index is 3.37. The van der Waals surface area contributed by atoms with E-state index in [4.69, 9.17) is 0 Å². The van der Waals surface area contributed by atoms with Gasteiger partial charge in [0.15, 0.2) is 0 Å². The van der Waals surface area contributed by atoms with E-state index in [9.17, 15) is 0 Å². The molecule has 11 heavy (non-hydrogen) atoms. The smallest absolute Gasteiger partial charge is 0.0303 e. The van der Waals surface area contributed by atoms with Gasteiger partial charge in [0.1, 0.15) is 0 Å². The van der Waals surface area contributed by atoms with Gasteiger partial charge in [-0.25, -0.2) is 0 Å². The van der Waals surface area contributed by atoms with Crippen LogP contribution < -0.4 is 0 Å². The Balaban J connectivity index is -0.000000107. The van der Waals surface area contributed by atoms with Crippen molar-refractivity contribution in [1.82, 2.24) is 0 Å². The molecule has 0 radical (unpaired) electrons. The van der Waals surface area contributed by atoms with Crippen molar-refractivity contribution in [2.45, 2.75) is 26.7 Å². The normalized spacial score (nSPS) is 5.27. The lowest BCUT2D eigenvalue weighted by Gasteiger charge is -1.59. The first-order valence-electron chi connectivity index (χ1n) is 3.52. The molecule has 0 unspecified atom stereocenters. The van der Waals surface area contributed by atoms with E-state index in [1.54, 1.807) is 0 Å². The fraction of sp³-hybridized carbons (Fsp3) is 0.400. The Bertz CT molecular complexity index is 117. The summed E-state index contributed by atoms with van der Waals surface area (Å²) in [6.45, 7) is 10.8. The molecule has 1 heteroatoms. The molecule has 0 aliphatic rings. The van der Waals surface area contributed by atoms with E-state index >= 15 is 0 Å². The van der Waals surface area contributed by atoms with E-state index in [2.05, 4.69) is 38.5 Å². The van der Waals surface area contributed by atoms with Gasteiger partial charge in [-0.1, -0.05) is 27.0 Å². The maximum atomic E-state index is 3.37. The van der Waals surface area contributed by atoms with Crippen LogP contribution in [0.25, 0.3) is 0 Å². The van der Waals surface area contributed by atoms with E-state index in [-0.39, 0.29) is 5.48 Å². The van der Waals surface area contributed by atoms with Gasteiger partial charge in [0.2, 0.25) is 0 Å². The third-order valence-electron chi connectivity index (χ3n) is 0.697. The molecule has 2 N–H and O–H groups in total. The molecule has 0 fully saturated rings. The Labute approximate surface area is 69.8 Å². The van der Waals surface area contributed by atoms with Gasteiger partial charge in [0.05, 0.1) is 0 Å². The molecule has 0 rings (SSSR count). The van der Waals surface area contributed by atoms with E-state index in [1.807, 2.05) is 12.2 Å². The van der Waals surface area contributed by atoms with Gasteiger partial charge in [0, 0.05) is 0 Å². The van der Waals surface area contributed by atoms with Crippen LogP contribution >= 0.6 is 0 Å². The molecule has 64 valence electrons. The van der Waals surface area contributed by atoms with Gasteiger partial charge in [-0.05, 0) is 25.0 Å². The number of allylic oxidation sites excluding steroid dienone is 2. The summed E-state index contributed by atoms with van der Waals surface area (Å²) in [6, 6.07) is 0. The molecular formula is C10H18O. The van der Waals surface area contributed by atoms with Crippen molar-refractivity contribution in [3.8, 4) is 0 Å². The summed E-state index contributed by atoms with van der Waals surface area (Å²) in [5, 5.41) is 0. The fourth-order valence-corrected chi connectivity index (χ4v) is 0.289. The first-order chi connectivity index (χ1) is 4.83. The second kappa shape index (κ2) is 23.0. The van der Waals surface area contributed by atoms with E-state index in [0.717, 1.165) is 12.8 Å². The van der Waals surface area contributed by atoms with Crippen LogP contribution in [0, 0.1) is 0 Å². The van der Waals surface area contributed by atoms with Crippen molar-refractivity contribution in [2.24, 2.45) is 0 Å². The molecule has 0 bridgehead atoms. The van der Waals surface area contributed by atoms with Crippen LogP contribution in [0.4, 0.5) is 0 Å². The fourth-order valence-electron chi connectivity index (χ4n) is 0.289. The van der Waals surface area contributed by atoms with Crippen LogP contribution in [0.2, 0.25) is 0 Å². The minimum absolute atomic E-state index is 0. The molecule has 0 aromatic heterocycles. The molecular weight excluding hydrogens is 136 g/mol. The van der Waals surface area contributed by atoms with Crippen molar-refractivity contribution in [1.29, 1.82) is 0 Å². The Hall–Kier alpha value is -1.00. The highest BCUT2D eigenvalue weighted by Gasteiger charge is 1.49. The zero-order valence-corrected chi connectivity index (χ0v) is 7.48. The first-order valence-corrected chi connectivity index (χ1v) is 3.52. The van der Waals surface area contributed by atoms with E-state index < -0.39 is 0 Å². The molecule has 0 aromatic rings. The van der Waals surface area contributed by atoms with Crippen LogP contribution in [0.1, 0.15) is 26.7 Å². The molecule has 0 aliphatic carbocycles. The van der Waals surface area contributed by atoms with Crippen molar-refractivity contribution < 1.29 is 5.48 Å². The van der Waals surface area contributed by atoms with Gasteiger partial charge in [0.25, 0.3) is 0 Å². The highest BCUT2D eigenvalue weighted by atomic mass is 16.0. The predicted octanol–water partition coefficient (Wildman–Crippen LogP) is 2.65. The lowest BCUT2D eigenvalue weighted by molar-refractivity contribution is 0.824. The molecule has 1 nitrogen and oxygen atoms in total. The van der Waals surface area contributed by atoms with Crippen molar-refractivity contribution in [3.63, 3.8) is 0 Å². The Morgan fingerprint density at radius 2 is 1.27 bits per heavy atom. The van der Waals surface area contributed by atoms with E-state index in [1.165, 1.54) is 0 Å². The molecule has 0 aliphatic heterocycles. The molecule has 0 spiro atoms. The molecule has 0 aromatic carbocycles. The maximum Gasteiger partial charge on any atom is -0.0303 e. The summed E-state index contributed by atoms with van der Waals surface area (Å²) in [7, 11) is 0. The lowest BCUT2D eigenvalue weighted by atomic mass is 10.5. The monoisotopic (exact) mass is 154 g/mol. The third kappa shape index (κ3) is 49.0. The number of rotatable bonds is 2. The third-order valence-corrected chi connectivity index (χ3v) is 0.697. The molecule has 0 amide bonds. The molecule has 0 saturated heterocycles. The van der Waals surface area contributed by atoms with Gasteiger partial charge in [-0.2, -0.15) is 0 Å². The zero-order valence-electron chi connectivity index (χ0n) is 7.48. The van der Waals surface area contributed by atoms with Crippen molar-refractivity contribution in [2.75, 3.05) is 0 Å². The van der Waals surface area contributed by atoms with Gasteiger partial charge < -0.3 is 5.48 Å². The van der Waals surface area contributed by atoms with E-state index in [0.29, 0.717) is 0 Å². The zero-order chi connectivity index (χ0) is 8.24. The largest absolute Gasteiger partial charge is 0.412 e. The lowest BCUT2D eigenvalue weighted by Crippen LogP contribution is -1.39. The summed E-state index contributed by atoms with van der Waals surface area (Å²) in [4.78, 5) is 0. The number of hydrogen-bond donors (Lipinski definition) is 0. The molecule has 0 atom stereocenters. The quantitative estimate of drug-likeness (QED) is 0.548. The summed E-state index contributed by atoms with van der Waals surface area (Å²) in [6.07, 6.45) is 5.87. The van der Waals surface area contributed by atoms with Crippen molar-refractivity contribution >= 4 is 0 Å². The van der Waals surface area contributed by atoms with Crippen LogP contribution in [0.3, 0.4) is 0 Å². The van der Waals surface area contributed by atoms with Gasteiger partial charge in [-0.3, -0.25) is 0 Å². The Morgan fingerprint density at radius 1 is 1.00 bits per heavy atom. The Morgan fingerprint density at radius 3 is 1.27 bits per heavy atom.